The van der Waals surface area contributed by atoms with Gasteiger partial charge in [0, 0.05) is 31.0 Å². The lowest BCUT2D eigenvalue weighted by Crippen LogP contribution is -2.36. The molecule has 0 aromatic carbocycles. The molecule has 0 unspecified atom stereocenters. The number of hydrogen-bond donors (Lipinski definition) is 1. The Labute approximate surface area is 84.9 Å². The predicted octanol–water partition coefficient (Wildman–Crippen LogP) is 1.00. The van der Waals surface area contributed by atoms with E-state index in [1.807, 2.05) is 12.3 Å². The second kappa shape index (κ2) is 3.67. The van der Waals surface area contributed by atoms with Gasteiger partial charge in [0.15, 0.2) is 0 Å². The number of nitrogens with two attached hydrogens (primary N) is 1. The molecular weight excluding hydrogens is 174 g/mol. The van der Waals surface area contributed by atoms with Crippen molar-refractivity contribution in [3.05, 3.63) is 30.1 Å². The highest BCUT2D eigenvalue weighted by Gasteiger charge is 2.38. The van der Waals surface area contributed by atoms with Gasteiger partial charge >= 0.3 is 0 Å². The lowest BCUT2D eigenvalue weighted by atomic mass is 10.2. The van der Waals surface area contributed by atoms with Gasteiger partial charge in [0.1, 0.15) is 0 Å². The van der Waals surface area contributed by atoms with Gasteiger partial charge in [0.2, 0.25) is 0 Å². The van der Waals surface area contributed by atoms with Crippen molar-refractivity contribution in [2.45, 2.75) is 24.9 Å². The van der Waals surface area contributed by atoms with Crippen molar-refractivity contribution < 1.29 is 0 Å². The summed E-state index contributed by atoms with van der Waals surface area (Å²) >= 11 is 0. The quantitative estimate of drug-likeness (QED) is 0.772. The Morgan fingerprint density at radius 3 is 2.93 bits per heavy atom. The number of aromatic nitrogens is 1. The minimum Gasteiger partial charge on any atom is -0.324 e. The summed E-state index contributed by atoms with van der Waals surface area (Å²) in [5.41, 5.74) is 7.40. The van der Waals surface area contributed by atoms with Gasteiger partial charge in [-0.15, -0.1) is 0 Å². The van der Waals surface area contributed by atoms with E-state index in [4.69, 9.17) is 5.73 Å². The van der Waals surface area contributed by atoms with E-state index >= 15 is 0 Å². The fraction of sp³-hybridized carbons (Fsp3) is 0.545. The molecule has 1 aliphatic rings. The number of likely N-dealkylation sites (N-methyl/N-ethyl adjacent to an activating group) is 1. The zero-order chi connectivity index (χ0) is 10.0. The second-order valence-corrected chi connectivity index (χ2v) is 4.40. The van der Waals surface area contributed by atoms with Gasteiger partial charge in [0.25, 0.3) is 0 Å². The molecule has 0 atom stereocenters. The van der Waals surface area contributed by atoms with Crippen molar-refractivity contribution in [3.63, 3.8) is 0 Å². The number of nitrogens with zero attached hydrogens (tertiary/aromatic N) is 2. The maximum Gasteiger partial charge on any atom is 0.0312 e. The van der Waals surface area contributed by atoms with Crippen molar-refractivity contribution in [1.29, 1.82) is 0 Å². The number of pyridine rings is 1. The van der Waals surface area contributed by atoms with E-state index in [-0.39, 0.29) is 5.54 Å². The van der Waals surface area contributed by atoms with Crippen LogP contribution in [-0.4, -0.2) is 29.0 Å². The van der Waals surface area contributed by atoms with Crippen molar-refractivity contribution >= 4 is 0 Å². The first-order chi connectivity index (χ1) is 6.68. The third-order valence-electron chi connectivity index (χ3n) is 2.65. The van der Waals surface area contributed by atoms with E-state index in [1.165, 1.54) is 18.4 Å². The fourth-order valence-electron chi connectivity index (χ4n) is 1.72. The molecule has 1 heterocycles. The van der Waals surface area contributed by atoms with Gasteiger partial charge < -0.3 is 10.6 Å². The van der Waals surface area contributed by atoms with E-state index in [1.54, 1.807) is 6.20 Å². The minimum absolute atomic E-state index is 0.108. The molecular formula is C11H17N3. The molecule has 1 aromatic heterocycles. The molecule has 0 bridgehead atoms. The third kappa shape index (κ3) is 2.53. The van der Waals surface area contributed by atoms with Gasteiger partial charge in [-0.2, -0.15) is 0 Å². The van der Waals surface area contributed by atoms with Crippen molar-refractivity contribution in [3.8, 4) is 0 Å². The summed E-state index contributed by atoms with van der Waals surface area (Å²) in [5, 5.41) is 0. The zero-order valence-electron chi connectivity index (χ0n) is 8.61. The number of hydrogen-bond acceptors (Lipinski definition) is 3. The molecule has 1 fully saturated rings. The summed E-state index contributed by atoms with van der Waals surface area (Å²) in [6.07, 6.45) is 6.05. The molecule has 1 aliphatic carbocycles. The summed E-state index contributed by atoms with van der Waals surface area (Å²) < 4.78 is 0. The van der Waals surface area contributed by atoms with Crippen LogP contribution in [0.15, 0.2) is 24.5 Å². The van der Waals surface area contributed by atoms with E-state index in [0.29, 0.717) is 0 Å². The van der Waals surface area contributed by atoms with E-state index < -0.39 is 0 Å². The van der Waals surface area contributed by atoms with E-state index in [9.17, 15) is 0 Å². The Morgan fingerprint density at radius 1 is 1.57 bits per heavy atom. The molecule has 2 N–H and O–H groups in total. The smallest absolute Gasteiger partial charge is 0.0312 e. The molecule has 0 aliphatic heterocycles. The highest BCUT2D eigenvalue weighted by Crippen LogP contribution is 2.32. The van der Waals surface area contributed by atoms with Crippen LogP contribution in [0.5, 0.6) is 0 Å². The SMILES string of the molecule is CN(Cc1cccnc1)CC1(N)CC1. The van der Waals surface area contributed by atoms with Crippen LogP contribution in [0.2, 0.25) is 0 Å². The van der Waals surface area contributed by atoms with Gasteiger partial charge in [-0.1, -0.05) is 6.07 Å². The van der Waals surface area contributed by atoms with Crippen molar-refractivity contribution in [1.82, 2.24) is 9.88 Å². The predicted molar refractivity (Wildman–Crippen MR) is 56.7 cm³/mol. The third-order valence-corrected chi connectivity index (χ3v) is 2.65. The molecule has 0 radical (unpaired) electrons. The fourth-order valence-corrected chi connectivity index (χ4v) is 1.72. The van der Waals surface area contributed by atoms with E-state index in [2.05, 4.69) is 23.0 Å². The average Bonchev–Trinajstić information content (AvgIpc) is 2.84. The molecule has 3 nitrogen and oxygen atoms in total. The molecule has 0 saturated heterocycles. The van der Waals surface area contributed by atoms with Crippen LogP contribution in [0, 0.1) is 0 Å². The highest BCUT2D eigenvalue weighted by molar-refractivity contribution is 5.09. The Morgan fingerprint density at radius 2 is 2.36 bits per heavy atom. The van der Waals surface area contributed by atoms with Gasteiger partial charge in [0.05, 0.1) is 0 Å². The molecule has 1 aromatic rings. The molecule has 1 saturated carbocycles. The average molecular weight is 191 g/mol. The molecule has 0 spiro atoms. The standard InChI is InChI=1S/C11H17N3/c1-14(9-11(12)4-5-11)8-10-3-2-6-13-7-10/h2-3,6-7H,4-5,8-9,12H2,1H3. The molecule has 3 heteroatoms. The van der Waals surface area contributed by atoms with Crippen molar-refractivity contribution in [2.75, 3.05) is 13.6 Å². The van der Waals surface area contributed by atoms with Crippen LogP contribution in [-0.2, 0) is 6.54 Å². The van der Waals surface area contributed by atoms with Crippen LogP contribution >= 0.6 is 0 Å². The summed E-state index contributed by atoms with van der Waals surface area (Å²) in [4.78, 5) is 6.36. The topological polar surface area (TPSA) is 42.2 Å². The van der Waals surface area contributed by atoms with Gasteiger partial charge in [-0.3, -0.25) is 4.98 Å². The van der Waals surface area contributed by atoms with Crippen LogP contribution in [0.25, 0.3) is 0 Å². The normalized spacial score (nSPS) is 18.5. The second-order valence-electron chi connectivity index (χ2n) is 4.40. The Bertz CT molecular complexity index is 293. The Hall–Kier alpha value is -0.930. The van der Waals surface area contributed by atoms with E-state index in [0.717, 1.165) is 13.1 Å². The highest BCUT2D eigenvalue weighted by atomic mass is 15.1. The van der Waals surface area contributed by atoms with Crippen LogP contribution in [0.3, 0.4) is 0 Å². The van der Waals surface area contributed by atoms with Crippen LogP contribution in [0.4, 0.5) is 0 Å². The maximum atomic E-state index is 6.04. The van der Waals surface area contributed by atoms with Crippen molar-refractivity contribution in [2.24, 2.45) is 5.73 Å². The lowest BCUT2D eigenvalue weighted by Gasteiger charge is -2.20. The Kier molecular flexibility index (Phi) is 2.52. The molecule has 2 rings (SSSR count). The first kappa shape index (κ1) is 9.62. The molecule has 0 amide bonds. The first-order valence-electron chi connectivity index (χ1n) is 5.04. The molecule has 14 heavy (non-hydrogen) atoms. The maximum absolute atomic E-state index is 6.04. The summed E-state index contributed by atoms with van der Waals surface area (Å²) in [5.74, 6) is 0. The van der Waals surface area contributed by atoms with Crippen LogP contribution in [0.1, 0.15) is 18.4 Å². The van der Waals surface area contributed by atoms with Gasteiger partial charge in [-0.05, 0) is 31.5 Å². The minimum atomic E-state index is 0.108. The number of rotatable bonds is 4. The summed E-state index contributed by atoms with van der Waals surface area (Å²) in [7, 11) is 2.11. The Balaban J connectivity index is 1.85. The van der Waals surface area contributed by atoms with Gasteiger partial charge in [-0.25, -0.2) is 0 Å². The molecule has 76 valence electrons. The lowest BCUT2D eigenvalue weighted by molar-refractivity contribution is 0.295. The first-order valence-corrected chi connectivity index (χ1v) is 5.04. The van der Waals surface area contributed by atoms with Crippen LogP contribution < -0.4 is 5.73 Å². The largest absolute Gasteiger partial charge is 0.324 e. The summed E-state index contributed by atoms with van der Waals surface area (Å²) in [6.45, 7) is 1.93. The summed E-state index contributed by atoms with van der Waals surface area (Å²) in [6, 6.07) is 4.07. The monoisotopic (exact) mass is 191 g/mol. The zero-order valence-corrected chi connectivity index (χ0v) is 8.61.